The van der Waals surface area contributed by atoms with E-state index in [4.69, 9.17) is 17.3 Å². The average molecular weight is 445 g/mol. The fraction of sp³-hybridized carbons (Fsp3) is 0.741. The van der Waals surface area contributed by atoms with Crippen molar-refractivity contribution >= 4 is 17.5 Å². The third kappa shape index (κ3) is 4.29. The number of halogens is 1. The minimum absolute atomic E-state index is 0.0468. The van der Waals surface area contributed by atoms with E-state index in [1.807, 2.05) is 6.92 Å². The summed E-state index contributed by atoms with van der Waals surface area (Å²) in [6.45, 7) is 6.63. The summed E-state index contributed by atoms with van der Waals surface area (Å²) in [5.74, 6) is 1.63. The Morgan fingerprint density at radius 2 is 1.84 bits per heavy atom. The van der Waals surface area contributed by atoms with E-state index in [9.17, 15) is 4.79 Å². The molecule has 4 saturated carbocycles. The van der Waals surface area contributed by atoms with Crippen molar-refractivity contribution in [3.63, 3.8) is 0 Å². The van der Waals surface area contributed by atoms with Gasteiger partial charge in [0.05, 0.1) is 5.41 Å². The van der Waals surface area contributed by atoms with Crippen molar-refractivity contribution in [2.45, 2.75) is 96.1 Å². The number of hydrogen-bond acceptors (Lipinski definition) is 2. The van der Waals surface area contributed by atoms with E-state index in [2.05, 4.69) is 36.2 Å². The number of allylic oxidation sites excluding steroid dienone is 5. The van der Waals surface area contributed by atoms with Gasteiger partial charge >= 0.3 is 0 Å². The normalized spacial score (nSPS) is 42.2. The van der Waals surface area contributed by atoms with Gasteiger partial charge in [-0.15, -0.1) is 11.6 Å². The Hall–Kier alpha value is -1.06. The van der Waals surface area contributed by atoms with Crippen LogP contribution in [0.4, 0.5) is 0 Å². The Balaban J connectivity index is 1.63. The van der Waals surface area contributed by atoms with Gasteiger partial charge < -0.3 is 11.1 Å². The van der Waals surface area contributed by atoms with Gasteiger partial charge in [-0.3, -0.25) is 4.79 Å². The Bertz CT molecular complexity index is 752. The summed E-state index contributed by atoms with van der Waals surface area (Å²) in [7, 11) is 0. The third-order valence-electron chi connectivity index (χ3n) is 9.29. The zero-order valence-electron chi connectivity index (χ0n) is 19.3. The lowest BCUT2D eigenvalue weighted by Crippen LogP contribution is -2.61. The number of amides is 1. The second kappa shape index (κ2) is 9.06. The van der Waals surface area contributed by atoms with Crippen molar-refractivity contribution in [2.24, 2.45) is 27.9 Å². The molecule has 0 saturated heterocycles. The van der Waals surface area contributed by atoms with Crippen LogP contribution in [0, 0.1) is 22.2 Å². The summed E-state index contributed by atoms with van der Waals surface area (Å²) in [5.41, 5.74) is 7.29. The smallest absolute Gasteiger partial charge is 0.226 e. The van der Waals surface area contributed by atoms with Crippen LogP contribution in [0.3, 0.4) is 0 Å². The summed E-state index contributed by atoms with van der Waals surface area (Å²) in [6.07, 6.45) is 21.3. The van der Waals surface area contributed by atoms with Crippen LogP contribution in [-0.4, -0.2) is 23.9 Å². The SMILES string of the molecule is C=C(/C=C\C=C/C)[C@]12CC3(C(=O)NC4CCC(N)CC4)CCC1CC[C@@](CCCl)(C3)C2. The van der Waals surface area contributed by atoms with Crippen molar-refractivity contribution in [1.82, 2.24) is 5.32 Å². The fourth-order valence-electron chi connectivity index (χ4n) is 7.76. The van der Waals surface area contributed by atoms with Gasteiger partial charge in [0.1, 0.15) is 0 Å². The molecule has 1 amide bonds. The van der Waals surface area contributed by atoms with Crippen molar-refractivity contribution in [3.05, 3.63) is 36.5 Å². The number of carbonyl (C=O) groups excluding carboxylic acids is 1. The average Bonchev–Trinajstić information content (AvgIpc) is 2.74. The second-order valence-electron chi connectivity index (χ2n) is 11.2. The van der Waals surface area contributed by atoms with E-state index in [0.29, 0.717) is 29.8 Å². The van der Waals surface area contributed by atoms with Gasteiger partial charge in [0, 0.05) is 18.0 Å². The molecular formula is C27H41ClN2O. The lowest BCUT2D eigenvalue weighted by Gasteiger charge is -2.65. The Kier molecular flexibility index (Phi) is 6.75. The number of carbonyl (C=O) groups is 1. The maximum absolute atomic E-state index is 13.9. The molecule has 31 heavy (non-hydrogen) atoms. The fourth-order valence-corrected chi connectivity index (χ4v) is 8.17. The topological polar surface area (TPSA) is 55.1 Å². The molecule has 0 aromatic carbocycles. The molecule has 0 heterocycles. The van der Waals surface area contributed by atoms with Gasteiger partial charge in [-0.05, 0) is 106 Å². The quantitative estimate of drug-likeness (QED) is 0.371. The highest BCUT2D eigenvalue weighted by Gasteiger charge is 2.64. The number of nitrogens with one attached hydrogen (secondary N) is 1. The van der Waals surface area contributed by atoms with Crippen LogP contribution in [0.1, 0.15) is 84.0 Å². The van der Waals surface area contributed by atoms with E-state index in [1.165, 1.54) is 18.4 Å². The van der Waals surface area contributed by atoms with Crippen LogP contribution in [0.15, 0.2) is 36.5 Å². The number of alkyl halides is 1. The molecule has 0 radical (unpaired) electrons. The first kappa shape index (κ1) is 23.1. The molecule has 3 N–H and O–H groups in total. The Morgan fingerprint density at radius 1 is 1.10 bits per heavy atom. The van der Waals surface area contributed by atoms with Gasteiger partial charge in [0.2, 0.25) is 5.91 Å². The lowest BCUT2D eigenvalue weighted by molar-refractivity contribution is -0.163. The highest BCUT2D eigenvalue weighted by molar-refractivity contribution is 6.17. The second-order valence-corrected chi connectivity index (χ2v) is 11.6. The first-order chi connectivity index (χ1) is 14.9. The van der Waals surface area contributed by atoms with Crippen LogP contribution in [0.25, 0.3) is 0 Å². The summed E-state index contributed by atoms with van der Waals surface area (Å²) >= 11 is 6.34. The Morgan fingerprint density at radius 3 is 2.55 bits per heavy atom. The highest BCUT2D eigenvalue weighted by atomic mass is 35.5. The third-order valence-corrected chi connectivity index (χ3v) is 9.48. The monoisotopic (exact) mass is 444 g/mol. The number of hydrogen-bond donors (Lipinski definition) is 2. The van der Waals surface area contributed by atoms with E-state index in [0.717, 1.165) is 64.2 Å². The number of fused-ring (bicyclic) bond motifs is 2. The molecule has 0 aromatic rings. The van der Waals surface area contributed by atoms with Gasteiger partial charge in [-0.1, -0.05) is 30.9 Å². The maximum Gasteiger partial charge on any atom is 0.226 e. The molecule has 172 valence electrons. The summed E-state index contributed by atoms with van der Waals surface area (Å²) in [5, 5.41) is 3.50. The molecule has 4 fully saturated rings. The molecule has 0 aliphatic heterocycles. The largest absolute Gasteiger partial charge is 0.353 e. The van der Waals surface area contributed by atoms with Crippen molar-refractivity contribution in [2.75, 3.05) is 5.88 Å². The first-order valence-electron chi connectivity index (χ1n) is 12.5. The van der Waals surface area contributed by atoms with Gasteiger partial charge in [-0.25, -0.2) is 0 Å². The molecule has 3 bridgehead atoms. The van der Waals surface area contributed by atoms with Gasteiger partial charge in [0.15, 0.2) is 0 Å². The number of rotatable bonds is 7. The molecule has 2 unspecified atom stereocenters. The molecule has 4 aliphatic rings. The van der Waals surface area contributed by atoms with Crippen molar-refractivity contribution < 1.29 is 4.79 Å². The van der Waals surface area contributed by atoms with Crippen LogP contribution in [0.5, 0.6) is 0 Å². The standard InChI is InChI=1S/C27H41ClN2O/c1-3-4-5-6-20(2)27-18-25(15-16-28)13-11-21(27)12-14-26(17-25,19-27)24(31)30-23-9-7-22(29)8-10-23/h3-6,21-23H,2,7-19,29H2,1H3,(H,30,31)/b4-3-,6-5-/t21?,22?,23?,25-,26?,27+/m1/s1. The summed E-state index contributed by atoms with van der Waals surface area (Å²) in [6, 6.07) is 0.595. The zero-order chi connectivity index (χ0) is 22.1. The van der Waals surface area contributed by atoms with Gasteiger partial charge in [-0.2, -0.15) is 0 Å². The molecule has 0 spiro atoms. The molecule has 4 heteroatoms. The first-order valence-corrected chi connectivity index (χ1v) is 13.0. The van der Waals surface area contributed by atoms with E-state index in [1.54, 1.807) is 0 Å². The minimum Gasteiger partial charge on any atom is -0.353 e. The van der Waals surface area contributed by atoms with Crippen LogP contribution >= 0.6 is 11.6 Å². The van der Waals surface area contributed by atoms with Gasteiger partial charge in [0.25, 0.3) is 0 Å². The molecule has 4 atom stereocenters. The van der Waals surface area contributed by atoms with E-state index in [-0.39, 0.29) is 16.2 Å². The zero-order valence-corrected chi connectivity index (χ0v) is 20.1. The maximum atomic E-state index is 13.9. The Labute approximate surface area is 193 Å². The predicted octanol–water partition coefficient (Wildman–Crippen LogP) is 6.04. The molecule has 4 rings (SSSR count). The highest BCUT2D eigenvalue weighted by Crippen LogP contribution is 2.71. The minimum atomic E-state index is -0.266. The van der Waals surface area contributed by atoms with Crippen molar-refractivity contribution in [1.29, 1.82) is 0 Å². The molecule has 3 nitrogen and oxygen atoms in total. The summed E-state index contributed by atoms with van der Waals surface area (Å²) < 4.78 is 0. The van der Waals surface area contributed by atoms with Crippen LogP contribution in [0.2, 0.25) is 0 Å². The molecule has 4 aliphatic carbocycles. The molecular weight excluding hydrogens is 404 g/mol. The molecule has 0 aromatic heterocycles. The lowest BCUT2D eigenvalue weighted by atomic mass is 9.38. The van der Waals surface area contributed by atoms with Crippen LogP contribution in [-0.2, 0) is 4.79 Å². The van der Waals surface area contributed by atoms with Crippen LogP contribution < -0.4 is 11.1 Å². The van der Waals surface area contributed by atoms with Crippen molar-refractivity contribution in [3.8, 4) is 0 Å². The van der Waals surface area contributed by atoms with E-state index >= 15 is 0 Å². The predicted molar refractivity (Wildman–Crippen MR) is 130 cm³/mol. The summed E-state index contributed by atoms with van der Waals surface area (Å²) in [4.78, 5) is 13.9. The van der Waals surface area contributed by atoms with E-state index < -0.39 is 0 Å². The number of nitrogens with two attached hydrogens (primary N) is 1.